The van der Waals surface area contributed by atoms with Crippen molar-refractivity contribution >= 4 is 23.3 Å². The molecule has 0 radical (unpaired) electrons. The number of hydrogen-bond donors (Lipinski definition) is 1. The van der Waals surface area contributed by atoms with Crippen molar-refractivity contribution in [3.05, 3.63) is 52.9 Å². The van der Waals surface area contributed by atoms with Crippen LogP contribution in [0, 0.1) is 6.92 Å². The molecule has 0 bridgehead atoms. The molecule has 0 saturated carbocycles. The minimum atomic E-state index is -0.193. The van der Waals surface area contributed by atoms with Crippen LogP contribution >= 0.6 is 11.6 Å². The van der Waals surface area contributed by atoms with Gasteiger partial charge in [-0.2, -0.15) is 0 Å². The molecule has 6 heteroatoms. The number of nitrogens with one attached hydrogen (secondary N) is 1. The predicted molar refractivity (Wildman–Crippen MR) is 93.3 cm³/mol. The minimum absolute atomic E-state index is 0.0762. The van der Waals surface area contributed by atoms with Gasteiger partial charge < -0.3 is 19.4 Å². The van der Waals surface area contributed by atoms with Crippen LogP contribution in [0.25, 0.3) is 0 Å². The second kappa shape index (κ2) is 7.73. The lowest BCUT2D eigenvalue weighted by Gasteiger charge is -2.25. The largest absolute Gasteiger partial charge is 0.467 e. The third kappa shape index (κ3) is 4.30. The van der Waals surface area contributed by atoms with Gasteiger partial charge in [0.25, 0.3) is 0 Å². The van der Waals surface area contributed by atoms with E-state index in [1.165, 1.54) is 0 Å². The van der Waals surface area contributed by atoms with E-state index >= 15 is 0 Å². The van der Waals surface area contributed by atoms with Crippen molar-refractivity contribution in [3.63, 3.8) is 0 Å². The fourth-order valence-electron chi connectivity index (χ4n) is 2.72. The summed E-state index contributed by atoms with van der Waals surface area (Å²) in [6.45, 7) is 3.62. The monoisotopic (exact) mass is 348 g/mol. The summed E-state index contributed by atoms with van der Waals surface area (Å²) in [6.07, 6.45) is 3.69. The number of benzene rings is 1. The van der Waals surface area contributed by atoms with Crippen LogP contribution in [-0.2, 0) is 11.3 Å². The van der Waals surface area contributed by atoms with Crippen LogP contribution in [-0.4, -0.2) is 30.2 Å². The van der Waals surface area contributed by atoms with E-state index < -0.39 is 0 Å². The number of aryl methyl sites for hydroxylation is 1. The summed E-state index contributed by atoms with van der Waals surface area (Å²) >= 11 is 6.13. The molecule has 2 amide bonds. The van der Waals surface area contributed by atoms with Gasteiger partial charge in [0.15, 0.2) is 0 Å². The van der Waals surface area contributed by atoms with Gasteiger partial charge in [0, 0.05) is 23.9 Å². The standard InChI is InChI=1S/C18H21ClN2O3/c1-13-6-7-14(10-17(13)19)20-18(22)21(11-15-4-2-8-23-15)12-16-5-3-9-24-16/h2,4,6-8,10,16H,3,5,9,11-12H2,1H3,(H,20,22). The zero-order valence-corrected chi connectivity index (χ0v) is 14.4. The predicted octanol–water partition coefficient (Wildman–Crippen LogP) is 4.45. The summed E-state index contributed by atoms with van der Waals surface area (Å²) in [6, 6.07) is 8.97. The molecule has 1 atom stereocenters. The first kappa shape index (κ1) is 16.9. The lowest BCUT2D eigenvalue weighted by molar-refractivity contribution is 0.0803. The number of furan rings is 1. The van der Waals surface area contributed by atoms with Crippen molar-refractivity contribution in [2.24, 2.45) is 0 Å². The van der Waals surface area contributed by atoms with E-state index in [0.29, 0.717) is 23.8 Å². The van der Waals surface area contributed by atoms with E-state index in [1.807, 2.05) is 31.2 Å². The summed E-state index contributed by atoms with van der Waals surface area (Å²) in [7, 11) is 0. The van der Waals surface area contributed by atoms with Gasteiger partial charge >= 0.3 is 6.03 Å². The first-order valence-electron chi connectivity index (χ1n) is 8.08. The maximum absolute atomic E-state index is 12.7. The van der Waals surface area contributed by atoms with Gasteiger partial charge in [-0.15, -0.1) is 0 Å². The van der Waals surface area contributed by atoms with E-state index in [4.69, 9.17) is 20.8 Å². The highest BCUT2D eigenvalue weighted by Gasteiger charge is 2.23. The molecule has 1 fully saturated rings. The Morgan fingerprint density at radius 3 is 2.96 bits per heavy atom. The second-order valence-corrected chi connectivity index (χ2v) is 6.40. The zero-order chi connectivity index (χ0) is 16.9. The molecule has 128 valence electrons. The Morgan fingerprint density at radius 1 is 1.42 bits per heavy atom. The molecule has 0 aliphatic carbocycles. The second-order valence-electron chi connectivity index (χ2n) is 5.99. The molecule has 5 nitrogen and oxygen atoms in total. The third-order valence-corrected chi connectivity index (χ3v) is 4.49. The lowest BCUT2D eigenvalue weighted by atomic mass is 10.2. The zero-order valence-electron chi connectivity index (χ0n) is 13.6. The topological polar surface area (TPSA) is 54.7 Å². The van der Waals surface area contributed by atoms with Gasteiger partial charge in [0.05, 0.1) is 18.9 Å². The fourth-order valence-corrected chi connectivity index (χ4v) is 2.90. The first-order valence-corrected chi connectivity index (χ1v) is 8.45. The average molecular weight is 349 g/mol. The molecular formula is C18H21ClN2O3. The van der Waals surface area contributed by atoms with Gasteiger partial charge in [-0.3, -0.25) is 0 Å². The number of halogens is 1. The molecule has 1 aromatic carbocycles. The Kier molecular flexibility index (Phi) is 5.43. The molecule has 1 aromatic heterocycles. The highest BCUT2D eigenvalue weighted by molar-refractivity contribution is 6.31. The number of carbonyl (C=O) groups is 1. The van der Waals surface area contributed by atoms with Gasteiger partial charge in [-0.1, -0.05) is 17.7 Å². The van der Waals surface area contributed by atoms with E-state index in [0.717, 1.165) is 30.8 Å². The molecule has 2 heterocycles. The van der Waals surface area contributed by atoms with Crippen molar-refractivity contribution in [3.8, 4) is 0 Å². The summed E-state index contributed by atoms with van der Waals surface area (Å²) in [5.74, 6) is 0.741. The van der Waals surface area contributed by atoms with Crippen LogP contribution < -0.4 is 5.32 Å². The quantitative estimate of drug-likeness (QED) is 0.868. The lowest BCUT2D eigenvalue weighted by Crippen LogP contribution is -2.39. The van der Waals surface area contributed by atoms with Gasteiger partial charge in [0.2, 0.25) is 0 Å². The highest BCUT2D eigenvalue weighted by atomic mass is 35.5. The van der Waals surface area contributed by atoms with E-state index in [-0.39, 0.29) is 12.1 Å². The van der Waals surface area contributed by atoms with Gasteiger partial charge in [-0.25, -0.2) is 4.79 Å². The Balaban J connectivity index is 1.70. The summed E-state index contributed by atoms with van der Waals surface area (Å²) < 4.78 is 11.0. The molecule has 2 aromatic rings. The average Bonchev–Trinajstić information content (AvgIpc) is 3.24. The fraction of sp³-hybridized carbons (Fsp3) is 0.389. The van der Waals surface area contributed by atoms with E-state index in [9.17, 15) is 4.79 Å². The van der Waals surface area contributed by atoms with Gasteiger partial charge in [0.1, 0.15) is 5.76 Å². The van der Waals surface area contributed by atoms with Crippen LogP contribution in [0.2, 0.25) is 5.02 Å². The van der Waals surface area contributed by atoms with Crippen LogP contribution in [0.4, 0.5) is 10.5 Å². The Bertz CT molecular complexity index is 682. The molecule has 1 aliphatic rings. The number of amides is 2. The minimum Gasteiger partial charge on any atom is -0.467 e. The molecule has 24 heavy (non-hydrogen) atoms. The molecule has 3 rings (SSSR count). The summed E-state index contributed by atoms with van der Waals surface area (Å²) in [5, 5.41) is 3.53. The van der Waals surface area contributed by atoms with Crippen molar-refractivity contribution in [2.45, 2.75) is 32.4 Å². The van der Waals surface area contributed by atoms with Crippen LogP contribution in [0.5, 0.6) is 0 Å². The van der Waals surface area contributed by atoms with E-state index in [1.54, 1.807) is 17.2 Å². The number of nitrogens with zero attached hydrogens (tertiary/aromatic N) is 1. The Morgan fingerprint density at radius 2 is 2.29 bits per heavy atom. The third-order valence-electron chi connectivity index (χ3n) is 4.09. The number of hydrogen-bond acceptors (Lipinski definition) is 3. The number of carbonyl (C=O) groups excluding carboxylic acids is 1. The first-order chi connectivity index (χ1) is 11.6. The van der Waals surface area contributed by atoms with Gasteiger partial charge in [-0.05, 0) is 49.6 Å². The molecule has 1 saturated heterocycles. The van der Waals surface area contributed by atoms with Crippen molar-refractivity contribution in [2.75, 3.05) is 18.5 Å². The van der Waals surface area contributed by atoms with Crippen LogP contribution in [0.1, 0.15) is 24.2 Å². The molecular weight excluding hydrogens is 328 g/mol. The SMILES string of the molecule is Cc1ccc(NC(=O)N(Cc2ccco2)CC2CCCO2)cc1Cl. The van der Waals surface area contributed by atoms with Crippen LogP contribution in [0.3, 0.4) is 0 Å². The summed E-state index contributed by atoms with van der Waals surface area (Å²) in [4.78, 5) is 14.4. The van der Waals surface area contributed by atoms with Crippen molar-refractivity contribution in [1.82, 2.24) is 4.90 Å². The normalized spacial score (nSPS) is 17.0. The number of rotatable bonds is 5. The molecule has 1 N–H and O–H groups in total. The number of urea groups is 1. The molecule has 1 aliphatic heterocycles. The molecule has 1 unspecified atom stereocenters. The maximum atomic E-state index is 12.7. The highest BCUT2D eigenvalue weighted by Crippen LogP contribution is 2.21. The smallest absolute Gasteiger partial charge is 0.322 e. The van der Waals surface area contributed by atoms with Crippen molar-refractivity contribution in [1.29, 1.82) is 0 Å². The van der Waals surface area contributed by atoms with Crippen LogP contribution in [0.15, 0.2) is 41.0 Å². The number of ether oxygens (including phenoxy) is 1. The molecule has 0 spiro atoms. The Hall–Kier alpha value is -1.98. The van der Waals surface area contributed by atoms with Crippen molar-refractivity contribution < 1.29 is 13.9 Å². The summed E-state index contributed by atoms with van der Waals surface area (Å²) in [5.41, 5.74) is 1.65. The number of anilines is 1. The maximum Gasteiger partial charge on any atom is 0.322 e. The van der Waals surface area contributed by atoms with E-state index in [2.05, 4.69) is 5.32 Å². The Labute approximate surface area is 146 Å².